The molecule has 0 aliphatic rings. The van der Waals surface area contributed by atoms with Crippen LogP contribution in [0.5, 0.6) is 5.75 Å². The third-order valence-electron chi connectivity index (χ3n) is 3.89. The Labute approximate surface area is 149 Å². The predicted octanol–water partition coefficient (Wildman–Crippen LogP) is 4.41. The van der Waals surface area contributed by atoms with E-state index in [9.17, 15) is 14.9 Å². The van der Waals surface area contributed by atoms with Crippen molar-refractivity contribution in [3.05, 3.63) is 82.4 Å². The number of nitrogens with one attached hydrogen (secondary N) is 1. The van der Waals surface area contributed by atoms with E-state index in [2.05, 4.69) is 5.32 Å². The number of rotatable bonds is 5. The van der Waals surface area contributed by atoms with Crippen LogP contribution < -0.4 is 10.1 Å². The first-order valence-corrected chi connectivity index (χ1v) is 7.88. The number of nitro benzene ring substituents is 1. The number of ether oxygens (including phenoxy) is 1. The standard InChI is InChI=1S/C20H16N2O4/c1-26-19-12-11-18(16-4-2-3-5-17(16)19)21-20(23)13-8-14-6-9-15(10-7-14)22(24)25/h2-13H,1H3,(H,21,23). The minimum atomic E-state index is -0.463. The molecule has 0 saturated carbocycles. The summed E-state index contributed by atoms with van der Waals surface area (Å²) in [7, 11) is 1.60. The molecule has 0 heterocycles. The van der Waals surface area contributed by atoms with Crippen molar-refractivity contribution in [2.45, 2.75) is 0 Å². The third kappa shape index (κ3) is 3.70. The predicted molar refractivity (Wildman–Crippen MR) is 101 cm³/mol. The number of benzene rings is 3. The fourth-order valence-electron chi connectivity index (χ4n) is 2.61. The molecule has 6 nitrogen and oxygen atoms in total. The maximum Gasteiger partial charge on any atom is 0.269 e. The van der Waals surface area contributed by atoms with Crippen LogP contribution in [-0.4, -0.2) is 17.9 Å². The first kappa shape index (κ1) is 17.2. The summed E-state index contributed by atoms with van der Waals surface area (Å²) in [6.07, 6.45) is 2.99. The number of fused-ring (bicyclic) bond motifs is 1. The fourth-order valence-corrected chi connectivity index (χ4v) is 2.61. The minimum Gasteiger partial charge on any atom is -0.496 e. The maximum atomic E-state index is 12.2. The number of amides is 1. The number of carbonyl (C=O) groups is 1. The summed E-state index contributed by atoms with van der Waals surface area (Å²) in [6.45, 7) is 0. The molecule has 0 bridgehead atoms. The van der Waals surface area contributed by atoms with E-state index in [1.165, 1.54) is 18.2 Å². The average Bonchev–Trinajstić information content (AvgIpc) is 2.67. The summed E-state index contributed by atoms with van der Waals surface area (Å²) < 4.78 is 5.34. The normalized spacial score (nSPS) is 10.8. The summed E-state index contributed by atoms with van der Waals surface area (Å²) >= 11 is 0. The molecule has 3 aromatic carbocycles. The second-order valence-corrected chi connectivity index (χ2v) is 5.53. The van der Waals surface area contributed by atoms with Crippen molar-refractivity contribution in [1.29, 1.82) is 0 Å². The van der Waals surface area contributed by atoms with Crippen LogP contribution >= 0.6 is 0 Å². The molecule has 1 amide bonds. The Bertz CT molecular complexity index is 994. The molecule has 3 rings (SSSR count). The zero-order valence-corrected chi connectivity index (χ0v) is 14.0. The second-order valence-electron chi connectivity index (χ2n) is 5.53. The molecule has 0 aromatic heterocycles. The third-order valence-corrected chi connectivity index (χ3v) is 3.89. The highest BCUT2D eigenvalue weighted by molar-refractivity contribution is 6.08. The van der Waals surface area contributed by atoms with Gasteiger partial charge in [0.1, 0.15) is 5.75 Å². The molecule has 26 heavy (non-hydrogen) atoms. The van der Waals surface area contributed by atoms with Gasteiger partial charge in [-0.05, 0) is 35.9 Å². The fraction of sp³-hybridized carbons (Fsp3) is 0.0500. The second kappa shape index (κ2) is 7.48. The van der Waals surface area contributed by atoms with Gasteiger partial charge in [-0.3, -0.25) is 14.9 Å². The Morgan fingerprint density at radius 2 is 1.73 bits per heavy atom. The lowest BCUT2D eigenvalue weighted by atomic mass is 10.1. The number of non-ortho nitro benzene ring substituents is 1. The van der Waals surface area contributed by atoms with Gasteiger partial charge >= 0.3 is 0 Å². The van der Waals surface area contributed by atoms with Crippen LogP contribution in [0.1, 0.15) is 5.56 Å². The van der Waals surface area contributed by atoms with Crippen LogP contribution in [0, 0.1) is 10.1 Å². The average molecular weight is 348 g/mol. The summed E-state index contributed by atoms with van der Waals surface area (Å²) in [5.74, 6) is 0.443. The van der Waals surface area contributed by atoms with E-state index in [4.69, 9.17) is 4.74 Å². The van der Waals surface area contributed by atoms with Gasteiger partial charge < -0.3 is 10.1 Å². The zero-order chi connectivity index (χ0) is 18.5. The first-order valence-electron chi connectivity index (χ1n) is 7.88. The molecular formula is C20H16N2O4. The lowest BCUT2D eigenvalue weighted by Crippen LogP contribution is -2.08. The molecule has 0 spiro atoms. The van der Waals surface area contributed by atoms with Gasteiger partial charge in [-0.15, -0.1) is 0 Å². The van der Waals surface area contributed by atoms with Crippen molar-refractivity contribution in [3.8, 4) is 5.75 Å². The van der Waals surface area contributed by atoms with Crippen LogP contribution in [0.2, 0.25) is 0 Å². The van der Waals surface area contributed by atoms with Gasteiger partial charge in [0, 0.05) is 34.7 Å². The first-order chi connectivity index (χ1) is 12.6. The Balaban J connectivity index is 1.78. The molecular weight excluding hydrogens is 332 g/mol. The minimum absolute atomic E-state index is 0.0105. The van der Waals surface area contributed by atoms with Crippen molar-refractivity contribution in [2.24, 2.45) is 0 Å². The van der Waals surface area contributed by atoms with Crippen molar-refractivity contribution in [1.82, 2.24) is 0 Å². The molecule has 0 radical (unpaired) electrons. The van der Waals surface area contributed by atoms with E-state index in [-0.39, 0.29) is 11.6 Å². The van der Waals surface area contributed by atoms with Crippen molar-refractivity contribution in [2.75, 3.05) is 12.4 Å². The summed E-state index contributed by atoms with van der Waals surface area (Å²) in [5, 5.41) is 15.3. The molecule has 0 atom stereocenters. The summed E-state index contributed by atoms with van der Waals surface area (Å²) in [6, 6.07) is 17.2. The number of hydrogen-bond donors (Lipinski definition) is 1. The SMILES string of the molecule is COc1ccc(NC(=O)C=Cc2ccc([N+](=O)[O-])cc2)c2ccccc12. The van der Waals surface area contributed by atoms with Crippen LogP contribution in [0.15, 0.2) is 66.7 Å². The smallest absolute Gasteiger partial charge is 0.269 e. The number of hydrogen-bond acceptors (Lipinski definition) is 4. The van der Waals surface area contributed by atoms with Crippen LogP contribution in [0.3, 0.4) is 0 Å². The molecule has 1 N–H and O–H groups in total. The number of nitro groups is 1. The van der Waals surface area contributed by atoms with Crippen molar-refractivity contribution < 1.29 is 14.5 Å². The van der Waals surface area contributed by atoms with E-state index in [1.807, 2.05) is 24.3 Å². The van der Waals surface area contributed by atoms with Crippen molar-refractivity contribution >= 4 is 34.1 Å². The Hall–Kier alpha value is -3.67. The van der Waals surface area contributed by atoms with Gasteiger partial charge in [-0.1, -0.05) is 24.3 Å². The molecule has 3 aromatic rings. The van der Waals surface area contributed by atoms with Crippen LogP contribution in [0.4, 0.5) is 11.4 Å². The summed E-state index contributed by atoms with van der Waals surface area (Å²) in [5.41, 5.74) is 1.39. The molecule has 130 valence electrons. The Kier molecular flexibility index (Phi) is 4.94. The number of nitrogens with zero attached hydrogens (tertiary/aromatic N) is 1. The topological polar surface area (TPSA) is 81.5 Å². The van der Waals surface area contributed by atoms with Gasteiger partial charge in [0.2, 0.25) is 5.91 Å². The Morgan fingerprint density at radius 3 is 2.38 bits per heavy atom. The molecule has 0 aliphatic carbocycles. The summed E-state index contributed by atoms with van der Waals surface area (Å²) in [4.78, 5) is 22.4. The van der Waals surface area contributed by atoms with E-state index in [0.29, 0.717) is 11.3 Å². The van der Waals surface area contributed by atoms with Crippen LogP contribution in [-0.2, 0) is 4.79 Å². The highest BCUT2D eigenvalue weighted by Gasteiger charge is 2.08. The van der Waals surface area contributed by atoms with E-state index in [1.54, 1.807) is 37.5 Å². The number of anilines is 1. The monoisotopic (exact) mass is 348 g/mol. The molecule has 0 saturated heterocycles. The molecule has 0 fully saturated rings. The van der Waals surface area contributed by atoms with E-state index < -0.39 is 4.92 Å². The highest BCUT2D eigenvalue weighted by atomic mass is 16.6. The van der Waals surface area contributed by atoms with Gasteiger partial charge in [0.05, 0.1) is 12.0 Å². The van der Waals surface area contributed by atoms with E-state index in [0.717, 1.165) is 16.5 Å². The van der Waals surface area contributed by atoms with Gasteiger partial charge in [-0.25, -0.2) is 0 Å². The molecule has 6 heteroatoms. The van der Waals surface area contributed by atoms with Crippen LogP contribution in [0.25, 0.3) is 16.8 Å². The quantitative estimate of drug-likeness (QED) is 0.421. The maximum absolute atomic E-state index is 12.2. The van der Waals surface area contributed by atoms with Gasteiger partial charge in [0.15, 0.2) is 0 Å². The van der Waals surface area contributed by atoms with Gasteiger partial charge in [-0.2, -0.15) is 0 Å². The molecule has 0 unspecified atom stereocenters. The van der Waals surface area contributed by atoms with E-state index >= 15 is 0 Å². The number of carbonyl (C=O) groups excluding carboxylic acids is 1. The van der Waals surface area contributed by atoms with Gasteiger partial charge in [0.25, 0.3) is 5.69 Å². The zero-order valence-electron chi connectivity index (χ0n) is 14.0. The number of methoxy groups -OCH3 is 1. The highest BCUT2D eigenvalue weighted by Crippen LogP contribution is 2.31. The largest absolute Gasteiger partial charge is 0.496 e. The lowest BCUT2D eigenvalue weighted by molar-refractivity contribution is -0.384. The van der Waals surface area contributed by atoms with Crippen molar-refractivity contribution in [3.63, 3.8) is 0 Å². The molecule has 0 aliphatic heterocycles. The Morgan fingerprint density at radius 1 is 1.04 bits per heavy atom. The lowest BCUT2D eigenvalue weighted by Gasteiger charge is -2.10.